The van der Waals surface area contributed by atoms with Crippen LogP contribution in [0, 0.1) is 0 Å². The van der Waals surface area contributed by atoms with Crippen LogP contribution in [-0.4, -0.2) is 29.9 Å². The summed E-state index contributed by atoms with van der Waals surface area (Å²) in [7, 11) is 3.85. The number of para-hydroxylation sites is 1. The topological polar surface area (TPSA) is 56.3 Å². The summed E-state index contributed by atoms with van der Waals surface area (Å²) in [5.41, 5.74) is 7.66. The fraction of sp³-hybridized carbons (Fsp3) is 0.417. The molecule has 0 saturated heterocycles. The van der Waals surface area contributed by atoms with E-state index in [0.717, 1.165) is 16.8 Å². The average molecular weight is 234 g/mol. The van der Waals surface area contributed by atoms with Gasteiger partial charge in [-0.15, -0.1) is 0 Å². The van der Waals surface area contributed by atoms with Crippen molar-refractivity contribution < 1.29 is 4.74 Å². The Morgan fingerprint density at radius 2 is 2.06 bits per heavy atom. The quantitative estimate of drug-likeness (QED) is 0.876. The van der Waals surface area contributed by atoms with Crippen LogP contribution in [0.4, 0.5) is 5.95 Å². The predicted octanol–water partition coefficient (Wildman–Crippen LogP) is 1.60. The van der Waals surface area contributed by atoms with Gasteiger partial charge in [0.15, 0.2) is 0 Å². The Balaban J connectivity index is 2.62. The van der Waals surface area contributed by atoms with Gasteiger partial charge in [0.05, 0.1) is 11.6 Å². The van der Waals surface area contributed by atoms with Crippen LogP contribution >= 0.6 is 0 Å². The third-order valence-electron chi connectivity index (χ3n) is 2.41. The third kappa shape index (κ3) is 2.00. The van der Waals surface area contributed by atoms with E-state index in [4.69, 9.17) is 10.5 Å². The first kappa shape index (κ1) is 11.6. The molecule has 0 saturated carbocycles. The minimum Gasteiger partial charge on any atom is -0.489 e. The number of hydrogen-bond donors (Lipinski definition) is 1. The molecular weight excluding hydrogens is 216 g/mol. The van der Waals surface area contributed by atoms with Crippen molar-refractivity contribution in [2.75, 3.05) is 24.8 Å². The molecule has 0 atom stereocenters. The van der Waals surface area contributed by atoms with Crippen molar-refractivity contribution in [1.29, 1.82) is 0 Å². The molecule has 2 aromatic rings. The highest BCUT2D eigenvalue weighted by Crippen LogP contribution is 2.27. The normalized spacial score (nSPS) is 11.1. The number of benzene rings is 1. The van der Waals surface area contributed by atoms with Gasteiger partial charge >= 0.3 is 0 Å². The van der Waals surface area contributed by atoms with Crippen LogP contribution in [0.2, 0.25) is 0 Å². The molecule has 0 bridgehead atoms. The molecule has 1 heterocycles. The number of nitrogen functional groups attached to an aromatic ring is 1. The van der Waals surface area contributed by atoms with E-state index >= 15 is 0 Å². The minimum atomic E-state index is 0.117. The first-order valence-electron chi connectivity index (χ1n) is 5.62. The Labute approximate surface area is 101 Å². The molecule has 2 rings (SSSR count). The van der Waals surface area contributed by atoms with Crippen molar-refractivity contribution in [3.05, 3.63) is 18.2 Å². The first-order valence-corrected chi connectivity index (χ1v) is 5.62. The summed E-state index contributed by atoms with van der Waals surface area (Å²) in [4.78, 5) is 4.36. The van der Waals surface area contributed by atoms with Crippen molar-refractivity contribution in [1.82, 2.24) is 9.66 Å². The molecule has 0 spiro atoms. The molecule has 2 N–H and O–H groups in total. The Bertz CT molecular complexity index is 531. The standard InChI is InChI=1S/C12H18N4O/c1-8(2)17-10-7-5-6-9-11(10)14-12(13)16(9)15(3)4/h5-8H,1-4H3,(H2,13,14). The largest absolute Gasteiger partial charge is 0.489 e. The Morgan fingerprint density at radius 3 is 2.65 bits per heavy atom. The lowest BCUT2D eigenvalue weighted by molar-refractivity contribution is 0.245. The molecule has 0 amide bonds. The lowest BCUT2D eigenvalue weighted by Gasteiger charge is -2.16. The summed E-state index contributed by atoms with van der Waals surface area (Å²) in [6.07, 6.45) is 0.117. The van der Waals surface area contributed by atoms with Gasteiger partial charge in [-0.3, -0.25) is 0 Å². The van der Waals surface area contributed by atoms with Crippen molar-refractivity contribution in [2.45, 2.75) is 20.0 Å². The van der Waals surface area contributed by atoms with Gasteiger partial charge in [-0.2, -0.15) is 0 Å². The Hall–Kier alpha value is -1.91. The van der Waals surface area contributed by atoms with Crippen LogP contribution in [0.1, 0.15) is 13.8 Å². The second kappa shape index (κ2) is 4.16. The zero-order valence-corrected chi connectivity index (χ0v) is 10.6. The van der Waals surface area contributed by atoms with Crippen LogP contribution in [-0.2, 0) is 0 Å². The average Bonchev–Trinajstić information content (AvgIpc) is 2.54. The monoisotopic (exact) mass is 234 g/mol. The highest BCUT2D eigenvalue weighted by atomic mass is 16.5. The van der Waals surface area contributed by atoms with Crippen molar-refractivity contribution in [3.8, 4) is 5.75 Å². The van der Waals surface area contributed by atoms with Gasteiger partial charge < -0.3 is 15.5 Å². The van der Waals surface area contributed by atoms with E-state index in [1.54, 1.807) is 0 Å². The zero-order chi connectivity index (χ0) is 12.6. The van der Waals surface area contributed by atoms with E-state index in [9.17, 15) is 0 Å². The number of imidazole rings is 1. The molecule has 17 heavy (non-hydrogen) atoms. The molecule has 92 valence electrons. The molecule has 5 nitrogen and oxygen atoms in total. The van der Waals surface area contributed by atoms with Crippen molar-refractivity contribution >= 4 is 17.0 Å². The Morgan fingerprint density at radius 1 is 1.35 bits per heavy atom. The second-order valence-corrected chi connectivity index (χ2v) is 4.42. The van der Waals surface area contributed by atoms with Gasteiger partial charge in [-0.25, -0.2) is 9.66 Å². The number of nitrogens with zero attached hydrogens (tertiary/aromatic N) is 3. The fourth-order valence-electron chi connectivity index (χ4n) is 1.85. The summed E-state index contributed by atoms with van der Waals surface area (Å²) < 4.78 is 7.58. The molecule has 0 radical (unpaired) electrons. The summed E-state index contributed by atoms with van der Waals surface area (Å²) in [5, 5.41) is 1.89. The van der Waals surface area contributed by atoms with Crippen LogP contribution < -0.4 is 15.5 Å². The molecule has 1 aromatic heterocycles. The van der Waals surface area contributed by atoms with Gasteiger partial charge in [-0.05, 0) is 26.0 Å². The number of nitrogens with two attached hydrogens (primary N) is 1. The van der Waals surface area contributed by atoms with Gasteiger partial charge in [0.1, 0.15) is 11.3 Å². The van der Waals surface area contributed by atoms with Crippen molar-refractivity contribution in [2.24, 2.45) is 0 Å². The van der Waals surface area contributed by atoms with Gasteiger partial charge in [-0.1, -0.05) is 6.07 Å². The molecule has 0 fully saturated rings. The highest BCUT2D eigenvalue weighted by Gasteiger charge is 2.13. The molecule has 1 aromatic carbocycles. The van der Waals surface area contributed by atoms with E-state index in [1.165, 1.54) is 0 Å². The van der Waals surface area contributed by atoms with Crippen LogP contribution in [0.5, 0.6) is 5.75 Å². The SMILES string of the molecule is CC(C)Oc1cccc2c1nc(N)n2N(C)C. The molecular formula is C12H18N4O. The fourth-order valence-corrected chi connectivity index (χ4v) is 1.85. The Kier molecular flexibility index (Phi) is 2.83. The van der Waals surface area contributed by atoms with E-state index in [-0.39, 0.29) is 6.10 Å². The number of aromatic nitrogens is 2. The molecule has 0 aliphatic carbocycles. The van der Waals surface area contributed by atoms with E-state index in [1.807, 2.05) is 55.8 Å². The van der Waals surface area contributed by atoms with Gasteiger partial charge in [0.2, 0.25) is 5.95 Å². The maximum atomic E-state index is 5.91. The number of anilines is 1. The second-order valence-electron chi connectivity index (χ2n) is 4.42. The summed E-state index contributed by atoms with van der Waals surface area (Å²) in [5.74, 6) is 1.23. The smallest absolute Gasteiger partial charge is 0.220 e. The molecule has 0 aliphatic heterocycles. The van der Waals surface area contributed by atoms with Gasteiger partial charge in [0, 0.05) is 14.1 Å². The lowest BCUT2D eigenvalue weighted by Crippen LogP contribution is -2.26. The van der Waals surface area contributed by atoms with Crippen LogP contribution in [0.3, 0.4) is 0 Å². The predicted molar refractivity (Wildman–Crippen MR) is 70.0 cm³/mol. The molecule has 0 aliphatic rings. The van der Waals surface area contributed by atoms with Crippen LogP contribution in [0.15, 0.2) is 18.2 Å². The van der Waals surface area contributed by atoms with E-state index in [2.05, 4.69) is 4.98 Å². The number of hydrogen-bond acceptors (Lipinski definition) is 4. The lowest BCUT2D eigenvalue weighted by atomic mass is 10.3. The maximum absolute atomic E-state index is 5.91. The minimum absolute atomic E-state index is 0.117. The third-order valence-corrected chi connectivity index (χ3v) is 2.41. The molecule has 0 unspecified atom stereocenters. The first-order chi connectivity index (χ1) is 8.00. The summed E-state index contributed by atoms with van der Waals surface area (Å²) >= 11 is 0. The summed E-state index contributed by atoms with van der Waals surface area (Å²) in [6.45, 7) is 3.98. The maximum Gasteiger partial charge on any atom is 0.220 e. The van der Waals surface area contributed by atoms with Crippen molar-refractivity contribution in [3.63, 3.8) is 0 Å². The van der Waals surface area contributed by atoms with E-state index in [0.29, 0.717) is 5.95 Å². The highest BCUT2D eigenvalue weighted by molar-refractivity contribution is 5.84. The number of ether oxygens (including phenoxy) is 1. The zero-order valence-electron chi connectivity index (χ0n) is 10.6. The van der Waals surface area contributed by atoms with Crippen LogP contribution in [0.25, 0.3) is 11.0 Å². The molecule has 5 heteroatoms. The van der Waals surface area contributed by atoms with Gasteiger partial charge in [0.25, 0.3) is 0 Å². The number of fused-ring (bicyclic) bond motifs is 1. The van der Waals surface area contributed by atoms with E-state index < -0.39 is 0 Å². The number of rotatable bonds is 3. The summed E-state index contributed by atoms with van der Waals surface area (Å²) in [6, 6.07) is 5.84.